The van der Waals surface area contributed by atoms with Crippen LogP contribution in [0.3, 0.4) is 0 Å². The molecule has 0 aliphatic heterocycles. The van der Waals surface area contributed by atoms with Crippen molar-refractivity contribution >= 4 is 15.6 Å². The molecular formula is H2O8P2W. The minimum atomic E-state index is -5.14. The Morgan fingerprint density at radius 2 is 0.818 bits per heavy atom. The quantitative estimate of drug-likeness (QED) is 0.400. The van der Waals surface area contributed by atoms with E-state index in [0.29, 0.717) is 0 Å². The summed E-state index contributed by atoms with van der Waals surface area (Å²) in [5, 5.41) is 0. The van der Waals surface area contributed by atoms with Gasteiger partial charge in [0.05, 0.1) is 15.6 Å². The summed E-state index contributed by atoms with van der Waals surface area (Å²) in [4.78, 5) is 48.6. The maximum absolute atomic E-state index is 8.66. The van der Waals surface area contributed by atoms with Gasteiger partial charge in [-0.3, -0.25) is 0 Å². The van der Waals surface area contributed by atoms with Gasteiger partial charge in [-0.25, -0.2) is 0 Å². The molecule has 0 spiro atoms. The third kappa shape index (κ3) is 1050. The molecule has 8 nitrogen and oxygen atoms in total. The predicted octanol–water partition coefficient (Wildman–Crippen LogP) is -4.39. The van der Waals surface area contributed by atoms with Gasteiger partial charge in [-0.2, -0.15) is 0 Å². The van der Waals surface area contributed by atoms with Crippen LogP contribution < -0.4 is 19.6 Å². The molecule has 0 saturated carbocycles. The molecule has 0 aliphatic rings. The second kappa shape index (κ2) is 6.43. The number of hydrogen-bond acceptors (Lipinski definition) is 6. The van der Waals surface area contributed by atoms with Gasteiger partial charge in [0, 0.05) is 0 Å². The van der Waals surface area contributed by atoms with Crippen LogP contribution in [0.15, 0.2) is 0 Å². The first kappa shape index (κ1) is 17.9. The van der Waals surface area contributed by atoms with E-state index in [9.17, 15) is 0 Å². The Morgan fingerprint density at radius 1 is 0.818 bits per heavy atom. The van der Waals surface area contributed by atoms with Gasteiger partial charge in [0.1, 0.15) is 0 Å². The van der Waals surface area contributed by atoms with Crippen LogP contribution in [0.1, 0.15) is 0 Å². The first-order valence-corrected chi connectivity index (χ1v) is 4.49. The van der Waals surface area contributed by atoms with Crippen molar-refractivity contribution in [3.8, 4) is 0 Å². The van der Waals surface area contributed by atoms with Gasteiger partial charge in [0.2, 0.25) is 0 Å². The van der Waals surface area contributed by atoms with Crippen LogP contribution in [0, 0.1) is 0 Å². The monoisotopic (exact) mass is 376 g/mol. The molecule has 0 aromatic rings. The SMILES string of the molecule is O=P([O-])([O-])O.O=P([O-])([O-])O.[W+4]. The molecule has 0 radical (unpaired) electrons. The molecule has 0 saturated heterocycles. The van der Waals surface area contributed by atoms with Crippen molar-refractivity contribution in [2.45, 2.75) is 0 Å². The average Bonchev–Trinajstić information content (AvgIpc) is 1.12. The van der Waals surface area contributed by atoms with E-state index in [-0.39, 0.29) is 21.1 Å². The molecule has 0 aromatic heterocycles. The molecule has 11 heteroatoms. The number of phosphoric acid groups is 2. The summed E-state index contributed by atoms with van der Waals surface area (Å²) in [6, 6.07) is 0. The van der Waals surface area contributed by atoms with E-state index in [2.05, 4.69) is 0 Å². The standard InChI is InChI=1S/2H3O4P.W/c2*1-5(2,3)4;/h2*(H3,1,2,3,4);/q;;+4/p-4. The fourth-order valence-electron chi connectivity index (χ4n) is 0. The zero-order chi connectivity index (χ0) is 9.00. The second-order valence-electron chi connectivity index (χ2n) is 0.937. The third-order valence-electron chi connectivity index (χ3n) is 0. The van der Waals surface area contributed by atoms with Crippen LogP contribution in [0.4, 0.5) is 0 Å². The molecule has 66 valence electrons. The Kier molecular flexibility index (Phi) is 10.4. The number of hydrogen-bond donors (Lipinski definition) is 2. The molecule has 0 rings (SSSR count). The van der Waals surface area contributed by atoms with Crippen LogP contribution >= 0.6 is 15.6 Å². The Morgan fingerprint density at radius 3 is 0.818 bits per heavy atom. The summed E-state index contributed by atoms with van der Waals surface area (Å²) >= 11 is 0. The van der Waals surface area contributed by atoms with E-state index in [4.69, 9.17) is 38.5 Å². The summed E-state index contributed by atoms with van der Waals surface area (Å²) in [5.41, 5.74) is 0. The van der Waals surface area contributed by atoms with E-state index in [1.54, 1.807) is 0 Å². The molecule has 0 bridgehead atoms. The smallest absolute Gasteiger partial charge is 0.790 e. The fourth-order valence-corrected chi connectivity index (χ4v) is 0. The van der Waals surface area contributed by atoms with Crippen molar-refractivity contribution in [2.24, 2.45) is 0 Å². The van der Waals surface area contributed by atoms with Crippen molar-refractivity contribution in [3.05, 3.63) is 0 Å². The maximum Gasteiger partial charge on any atom is 4.00 e. The van der Waals surface area contributed by atoms with Gasteiger partial charge in [-0.15, -0.1) is 0 Å². The first-order valence-electron chi connectivity index (χ1n) is 1.50. The van der Waals surface area contributed by atoms with Crippen LogP contribution in [0.5, 0.6) is 0 Å². The molecule has 11 heavy (non-hydrogen) atoms. The summed E-state index contributed by atoms with van der Waals surface area (Å²) in [7, 11) is -10.3. The maximum atomic E-state index is 8.66. The summed E-state index contributed by atoms with van der Waals surface area (Å²) in [5.74, 6) is 0. The average molecular weight is 376 g/mol. The van der Waals surface area contributed by atoms with Crippen LogP contribution in [0.2, 0.25) is 0 Å². The van der Waals surface area contributed by atoms with Gasteiger partial charge in [0.15, 0.2) is 0 Å². The van der Waals surface area contributed by atoms with E-state index < -0.39 is 15.6 Å². The van der Waals surface area contributed by atoms with Gasteiger partial charge < -0.3 is 38.5 Å². The van der Waals surface area contributed by atoms with Gasteiger partial charge in [-0.05, 0) is 0 Å². The molecule has 0 fully saturated rings. The van der Waals surface area contributed by atoms with E-state index >= 15 is 0 Å². The zero-order valence-electron chi connectivity index (χ0n) is 4.65. The Balaban J connectivity index is -0.000000107. The number of rotatable bonds is 0. The van der Waals surface area contributed by atoms with Gasteiger partial charge in [-0.1, -0.05) is 0 Å². The van der Waals surface area contributed by atoms with E-state index in [0.717, 1.165) is 0 Å². The van der Waals surface area contributed by atoms with Crippen LogP contribution in [0.25, 0.3) is 0 Å². The molecule has 0 aromatic carbocycles. The Labute approximate surface area is 75.6 Å². The summed E-state index contributed by atoms with van der Waals surface area (Å²) in [6.07, 6.45) is 0. The molecule has 0 unspecified atom stereocenters. The van der Waals surface area contributed by atoms with Crippen molar-refractivity contribution in [2.75, 3.05) is 0 Å². The second-order valence-corrected chi connectivity index (χ2v) is 2.81. The normalized spacial score (nSPS) is 10.7. The fraction of sp³-hybridized carbons (Fsp3) is 0. The molecule has 0 aliphatic carbocycles. The van der Waals surface area contributed by atoms with Crippen molar-refractivity contribution < 1.29 is 59.6 Å². The summed E-state index contributed by atoms with van der Waals surface area (Å²) < 4.78 is 17.3. The molecule has 0 amide bonds. The Hall–Kier alpha value is 0.908. The molecule has 0 atom stereocenters. The van der Waals surface area contributed by atoms with Crippen molar-refractivity contribution in [1.82, 2.24) is 0 Å². The first-order chi connectivity index (χ1) is 4.00. The minimum Gasteiger partial charge on any atom is -0.790 e. The Bertz CT molecular complexity index is 124. The van der Waals surface area contributed by atoms with Crippen molar-refractivity contribution in [1.29, 1.82) is 0 Å². The van der Waals surface area contributed by atoms with E-state index in [1.165, 1.54) is 0 Å². The largest absolute Gasteiger partial charge is 4.00 e. The van der Waals surface area contributed by atoms with Crippen molar-refractivity contribution in [3.63, 3.8) is 0 Å². The van der Waals surface area contributed by atoms with Gasteiger partial charge in [0.25, 0.3) is 0 Å². The molecule has 2 N–H and O–H groups in total. The topological polar surface area (TPSA) is 167 Å². The predicted molar refractivity (Wildman–Crippen MR) is 19.7 cm³/mol. The molecule has 0 heterocycles. The summed E-state index contributed by atoms with van der Waals surface area (Å²) in [6.45, 7) is 0. The van der Waals surface area contributed by atoms with Gasteiger partial charge >= 0.3 is 21.1 Å². The van der Waals surface area contributed by atoms with Crippen LogP contribution in [-0.2, 0) is 30.2 Å². The van der Waals surface area contributed by atoms with E-state index in [1.807, 2.05) is 0 Å². The zero-order valence-corrected chi connectivity index (χ0v) is 9.37. The minimum absolute atomic E-state index is 0. The third-order valence-corrected chi connectivity index (χ3v) is 0. The molecular weight excluding hydrogens is 374 g/mol. The van der Waals surface area contributed by atoms with Crippen LogP contribution in [-0.4, -0.2) is 9.79 Å².